The first-order valence-corrected chi connectivity index (χ1v) is 8.81. The second-order valence-corrected chi connectivity index (χ2v) is 7.38. The Hall–Kier alpha value is -2.28. The summed E-state index contributed by atoms with van der Waals surface area (Å²) in [6.07, 6.45) is 3.43. The van der Waals surface area contributed by atoms with E-state index in [1.807, 2.05) is 26.2 Å². The number of carbonyl (C=O) groups is 1. The van der Waals surface area contributed by atoms with Crippen molar-refractivity contribution < 1.29 is 14.3 Å². The lowest BCUT2D eigenvalue weighted by molar-refractivity contribution is 0.146. The van der Waals surface area contributed by atoms with Crippen LogP contribution in [0.4, 0.5) is 16.5 Å². The largest absolute Gasteiger partial charge is 0.423 e. The third-order valence-electron chi connectivity index (χ3n) is 5.61. The molecular formula is C18H24N4O3. The molecule has 2 saturated carbocycles. The number of nitrogens with zero attached hydrogens (tertiary/aromatic N) is 2. The number of aliphatic hydroxyl groups is 1. The highest BCUT2D eigenvalue weighted by Crippen LogP contribution is 2.48. The second kappa shape index (κ2) is 6.22. The number of benzene rings is 1. The van der Waals surface area contributed by atoms with Gasteiger partial charge in [-0.25, -0.2) is 4.79 Å². The third kappa shape index (κ3) is 2.93. The molecule has 2 aliphatic carbocycles. The molecule has 0 radical (unpaired) electrons. The van der Waals surface area contributed by atoms with Crippen LogP contribution in [-0.2, 0) is 0 Å². The Balaban J connectivity index is 1.44. The van der Waals surface area contributed by atoms with Crippen LogP contribution in [0.25, 0.3) is 11.1 Å². The predicted molar refractivity (Wildman–Crippen MR) is 95.7 cm³/mol. The van der Waals surface area contributed by atoms with Crippen LogP contribution < -0.4 is 15.5 Å². The molecule has 4 unspecified atom stereocenters. The maximum absolute atomic E-state index is 12.4. The van der Waals surface area contributed by atoms with Crippen molar-refractivity contribution in [2.24, 2.45) is 17.8 Å². The molecule has 7 nitrogen and oxygen atoms in total. The van der Waals surface area contributed by atoms with Crippen molar-refractivity contribution in [2.75, 3.05) is 30.9 Å². The number of urea groups is 1. The first-order valence-electron chi connectivity index (χ1n) is 8.81. The molecule has 2 aromatic rings. The molecule has 4 rings (SSSR count). The van der Waals surface area contributed by atoms with Gasteiger partial charge in [0.1, 0.15) is 5.52 Å². The molecule has 7 heteroatoms. The standard InChI is InChI=1S/C18H24N4O3/c1-22(2)18-20-14-6-5-12(8-15(14)25-18)19-17(24)21-16-11-4-3-10(7-11)13(16)9-23/h5-6,8,10-11,13,16,23H,3-4,7,9H2,1-2H3,(H2,19,21,24). The quantitative estimate of drug-likeness (QED) is 0.792. The molecule has 1 aromatic heterocycles. The van der Waals surface area contributed by atoms with Gasteiger partial charge >= 0.3 is 6.03 Å². The number of aromatic nitrogens is 1. The molecule has 1 aromatic carbocycles. The van der Waals surface area contributed by atoms with E-state index in [0.717, 1.165) is 18.4 Å². The van der Waals surface area contributed by atoms with Crippen LogP contribution in [0.3, 0.4) is 0 Å². The van der Waals surface area contributed by atoms with E-state index in [-0.39, 0.29) is 24.6 Å². The first-order chi connectivity index (χ1) is 12.0. The number of rotatable bonds is 4. The zero-order valence-electron chi connectivity index (χ0n) is 14.5. The van der Waals surface area contributed by atoms with Crippen LogP contribution in [0.1, 0.15) is 19.3 Å². The number of aliphatic hydroxyl groups excluding tert-OH is 1. The van der Waals surface area contributed by atoms with E-state index in [9.17, 15) is 9.90 Å². The van der Waals surface area contributed by atoms with E-state index in [1.165, 1.54) is 6.42 Å². The third-order valence-corrected chi connectivity index (χ3v) is 5.61. The van der Waals surface area contributed by atoms with Gasteiger partial charge in [0.25, 0.3) is 6.01 Å². The number of carbonyl (C=O) groups excluding carboxylic acids is 1. The topological polar surface area (TPSA) is 90.6 Å². The molecule has 1 heterocycles. The van der Waals surface area contributed by atoms with Gasteiger partial charge in [0.2, 0.25) is 0 Å². The van der Waals surface area contributed by atoms with Crippen molar-refractivity contribution >= 4 is 28.8 Å². The van der Waals surface area contributed by atoms with Crippen molar-refractivity contribution in [3.63, 3.8) is 0 Å². The van der Waals surface area contributed by atoms with E-state index < -0.39 is 0 Å². The van der Waals surface area contributed by atoms with Crippen molar-refractivity contribution in [1.82, 2.24) is 10.3 Å². The summed E-state index contributed by atoms with van der Waals surface area (Å²) in [6.45, 7) is 0.142. The normalized spacial score (nSPS) is 27.6. The summed E-state index contributed by atoms with van der Waals surface area (Å²) in [7, 11) is 3.73. The molecule has 2 amide bonds. The Labute approximate surface area is 146 Å². The maximum atomic E-state index is 12.4. The van der Waals surface area contributed by atoms with Crippen molar-refractivity contribution in [3.8, 4) is 0 Å². The molecule has 4 atom stereocenters. The van der Waals surface area contributed by atoms with E-state index in [0.29, 0.717) is 29.1 Å². The van der Waals surface area contributed by atoms with Crippen LogP contribution in [0.2, 0.25) is 0 Å². The first kappa shape index (κ1) is 16.2. The zero-order chi connectivity index (χ0) is 17.6. The van der Waals surface area contributed by atoms with Gasteiger partial charge in [0.05, 0.1) is 0 Å². The number of amides is 2. The number of nitrogens with one attached hydrogen (secondary N) is 2. The van der Waals surface area contributed by atoms with Crippen molar-refractivity contribution in [3.05, 3.63) is 18.2 Å². The fraction of sp³-hybridized carbons (Fsp3) is 0.556. The van der Waals surface area contributed by atoms with Crippen LogP contribution in [0.5, 0.6) is 0 Å². The van der Waals surface area contributed by atoms with Crippen molar-refractivity contribution in [2.45, 2.75) is 25.3 Å². The summed E-state index contributed by atoms with van der Waals surface area (Å²) in [6, 6.07) is 5.79. The van der Waals surface area contributed by atoms with Gasteiger partial charge < -0.3 is 25.1 Å². The molecule has 3 N–H and O–H groups in total. The minimum atomic E-state index is -0.234. The Morgan fingerprint density at radius 2 is 2.16 bits per heavy atom. The van der Waals surface area contributed by atoms with E-state index in [2.05, 4.69) is 15.6 Å². The van der Waals surface area contributed by atoms with E-state index >= 15 is 0 Å². The maximum Gasteiger partial charge on any atom is 0.319 e. The fourth-order valence-corrected chi connectivity index (χ4v) is 4.40. The Bertz CT molecular complexity index is 788. The van der Waals surface area contributed by atoms with Gasteiger partial charge in [-0.15, -0.1) is 0 Å². The summed E-state index contributed by atoms with van der Waals surface area (Å²) in [5, 5.41) is 15.6. The highest BCUT2D eigenvalue weighted by molar-refractivity contribution is 5.92. The van der Waals surface area contributed by atoms with Gasteiger partial charge in [-0.2, -0.15) is 4.98 Å². The monoisotopic (exact) mass is 344 g/mol. The molecule has 2 fully saturated rings. The van der Waals surface area contributed by atoms with Gasteiger partial charge in [0.15, 0.2) is 5.58 Å². The molecule has 134 valence electrons. The van der Waals surface area contributed by atoms with Gasteiger partial charge in [-0.05, 0) is 43.2 Å². The lowest BCUT2D eigenvalue weighted by Gasteiger charge is -2.30. The van der Waals surface area contributed by atoms with Crippen LogP contribution in [-0.4, -0.2) is 42.9 Å². The summed E-state index contributed by atoms with van der Waals surface area (Å²) in [5.41, 5.74) is 2.05. The number of oxazole rings is 1. The van der Waals surface area contributed by atoms with Gasteiger partial charge in [-0.1, -0.05) is 0 Å². The summed E-state index contributed by atoms with van der Waals surface area (Å²) in [4.78, 5) is 18.6. The van der Waals surface area contributed by atoms with E-state index in [4.69, 9.17) is 4.42 Å². The highest BCUT2D eigenvalue weighted by Gasteiger charge is 2.47. The fourth-order valence-electron chi connectivity index (χ4n) is 4.40. The Kier molecular flexibility index (Phi) is 4.03. The van der Waals surface area contributed by atoms with Crippen LogP contribution in [0.15, 0.2) is 22.6 Å². The lowest BCUT2D eigenvalue weighted by Crippen LogP contribution is -2.46. The molecule has 0 saturated heterocycles. The molecule has 25 heavy (non-hydrogen) atoms. The molecular weight excluding hydrogens is 320 g/mol. The average molecular weight is 344 g/mol. The Morgan fingerprint density at radius 1 is 1.36 bits per heavy atom. The lowest BCUT2D eigenvalue weighted by atomic mass is 9.85. The van der Waals surface area contributed by atoms with Crippen LogP contribution in [0, 0.1) is 17.8 Å². The average Bonchev–Trinajstić information content (AvgIpc) is 3.28. The predicted octanol–water partition coefficient (Wildman–Crippen LogP) is 2.42. The number of hydrogen-bond donors (Lipinski definition) is 3. The molecule has 2 aliphatic rings. The smallest absolute Gasteiger partial charge is 0.319 e. The summed E-state index contributed by atoms with van der Waals surface area (Å²) in [5.74, 6) is 1.23. The molecule has 2 bridgehead atoms. The number of anilines is 2. The molecule has 0 spiro atoms. The zero-order valence-corrected chi connectivity index (χ0v) is 14.5. The highest BCUT2D eigenvalue weighted by atomic mass is 16.4. The Morgan fingerprint density at radius 3 is 2.92 bits per heavy atom. The second-order valence-electron chi connectivity index (χ2n) is 7.38. The van der Waals surface area contributed by atoms with Gasteiger partial charge in [0, 0.05) is 44.4 Å². The molecule has 0 aliphatic heterocycles. The van der Waals surface area contributed by atoms with E-state index in [1.54, 1.807) is 11.0 Å². The minimum absolute atomic E-state index is 0.0677. The SMILES string of the molecule is CN(C)c1nc2ccc(NC(=O)NC3C4CCC(C4)C3CO)cc2o1. The van der Waals surface area contributed by atoms with Crippen molar-refractivity contribution in [1.29, 1.82) is 0 Å². The summed E-state index contributed by atoms with van der Waals surface area (Å²) >= 11 is 0. The number of hydrogen-bond acceptors (Lipinski definition) is 5. The van der Waals surface area contributed by atoms with Crippen LogP contribution >= 0.6 is 0 Å². The number of fused-ring (bicyclic) bond motifs is 3. The summed E-state index contributed by atoms with van der Waals surface area (Å²) < 4.78 is 5.67. The minimum Gasteiger partial charge on any atom is -0.423 e. The van der Waals surface area contributed by atoms with Gasteiger partial charge in [-0.3, -0.25) is 0 Å².